The van der Waals surface area contributed by atoms with Gasteiger partial charge in [0.1, 0.15) is 11.9 Å². The van der Waals surface area contributed by atoms with Crippen molar-refractivity contribution in [3.63, 3.8) is 0 Å². The molecule has 0 bridgehead atoms. The number of aliphatic hydroxyl groups excluding tert-OH is 1. The third kappa shape index (κ3) is 2.51. The van der Waals surface area contributed by atoms with Crippen molar-refractivity contribution in [2.75, 3.05) is 7.11 Å². The van der Waals surface area contributed by atoms with Gasteiger partial charge in [-0.2, -0.15) is 0 Å². The lowest BCUT2D eigenvalue weighted by molar-refractivity contribution is 0.225. The largest absolute Gasteiger partial charge is 0.497 e. The Morgan fingerprint density at radius 2 is 1.68 bits per heavy atom. The van der Waals surface area contributed by atoms with Crippen molar-refractivity contribution in [1.29, 1.82) is 0 Å². The second-order valence-electron chi connectivity index (χ2n) is 6.89. The van der Waals surface area contributed by atoms with Crippen LogP contribution in [0.25, 0.3) is 33.0 Å². The number of aliphatic hydroxyl groups is 1. The highest BCUT2D eigenvalue weighted by atomic mass is 79.9. The Kier molecular flexibility index (Phi) is 4.20. The van der Waals surface area contributed by atoms with Crippen LogP contribution in [0.4, 0.5) is 0 Å². The maximum absolute atomic E-state index is 11.0. The highest BCUT2D eigenvalue weighted by Gasteiger charge is 2.31. The highest BCUT2D eigenvalue weighted by Crippen LogP contribution is 2.52. The van der Waals surface area contributed by atoms with Crippen molar-refractivity contribution in [2.45, 2.75) is 6.10 Å². The van der Waals surface area contributed by atoms with Crippen LogP contribution in [0, 0.1) is 0 Å². The summed E-state index contributed by atoms with van der Waals surface area (Å²) < 4.78 is 6.28. The molecule has 0 fully saturated rings. The predicted octanol–water partition coefficient (Wildman–Crippen LogP) is 6.99. The molecular formula is C24H16BrClO2. The topological polar surface area (TPSA) is 29.5 Å². The summed E-state index contributed by atoms with van der Waals surface area (Å²) in [5, 5.41) is 13.7. The maximum atomic E-state index is 11.0. The number of rotatable bonds is 2. The average Bonchev–Trinajstić information content (AvgIpc) is 3.02. The van der Waals surface area contributed by atoms with E-state index in [4.69, 9.17) is 16.3 Å². The molecule has 5 rings (SSSR count). The Morgan fingerprint density at radius 3 is 2.43 bits per heavy atom. The summed E-state index contributed by atoms with van der Waals surface area (Å²) in [6.07, 6.45) is -0.654. The minimum absolute atomic E-state index is 0.654. The molecule has 0 heterocycles. The smallest absolute Gasteiger partial charge is 0.118 e. The number of hydrogen-bond acceptors (Lipinski definition) is 2. The molecule has 2 nitrogen and oxygen atoms in total. The zero-order valence-corrected chi connectivity index (χ0v) is 17.4. The van der Waals surface area contributed by atoms with Crippen LogP contribution in [0.15, 0.2) is 71.2 Å². The minimum atomic E-state index is -0.654. The van der Waals surface area contributed by atoms with Crippen LogP contribution in [0.2, 0.25) is 5.02 Å². The van der Waals surface area contributed by atoms with E-state index >= 15 is 0 Å². The molecule has 28 heavy (non-hydrogen) atoms. The van der Waals surface area contributed by atoms with Gasteiger partial charge in [-0.15, -0.1) is 0 Å². The van der Waals surface area contributed by atoms with Gasteiger partial charge in [0, 0.05) is 14.9 Å². The summed E-state index contributed by atoms with van der Waals surface area (Å²) in [4.78, 5) is 0. The number of fused-ring (bicyclic) bond motifs is 4. The van der Waals surface area contributed by atoms with Crippen LogP contribution < -0.4 is 4.74 Å². The van der Waals surface area contributed by atoms with Gasteiger partial charge in [-0.25, -0.2) is 0 Å². The first kappa shape index (κ1) is 17.7. The lowest BCUT2D eigenvalue weighted by Crippen LogP contribution is -1.95. The lowest BCUT2D eigenvalue weighted by Gasteiger charge is -2.17. The molecule has 4 heteroatoms. The van der Waals surface area contributed by atoms with E-state index in [1.165, 1.54) is 0 Å². The van der Waals surface area contributed by atoms with Crippen LogP contribution in [-0.2, 0) is 0 Å². The summed E-state index contributed by atoms with van der Waals surface area (Å²) in [5.74, 6) is 0.799. The number of hydrogen-bond donors (Lipinski definition) is 1. The van der Waals surface area contributed by atoms with E-state index in [2.05, 4.69) is 28.1 Å². The Balaban J connectivity index is 1.96. The molecule has 4 aromatic rings. The fourth-order valence-corrected chi connectivity index (χ4v) is 4.85. The van der Waals surface area contributed by atoms with Crippen molar-refractivity contribution in [2.24, 2.45) is 0 Å². The first-order valence-corrected chi connectivity index (χ1v) is 10.1. The molecule has 0 radical (unpaired) electrons. The monoisotopic (exact) mass is 450 g/mol. The van der Waals surface area contributed by atoms with Gasteiger partial charge in [-0.05, 0) is 69.1 Å². The van der Waals surface area contributed by atoms with E-state index in [1.807, 2.05) is 54.6 Å². The van der Waals surface area contributed by atoms with Crippen LogP contribution in [-0.4, -0.2) is 12.2 Å². The molecule has 1 aliphatic rings. The Hall–Kier alpha value is -2.33. The van der Waals surface area contributed by atoms with Gasteiger partial charge in [0.2, 0.25) is 0 Å². The third-order valence-electron chi connectivity index (χ3n) is 5.43. The molecule has 138 valence electrons. The van der Waals surface area contributed by atoms with Gasteiger partial charge >= 0.3 is 0 Å². The molecule has 1 unspecified atom stereocenters. The lowest BCUT2D eigenvalue weighted by atomic mass is 9.89. The van der Waals surface area contributed by atoms with Crippen molar-refractivity contribution < 1.29 is 9.84 Å². The summed E-state index contributed by atoms with van der Waals surface area (Å²) in [6.45, 7) is 0. The van der Waals surface area contributed by atoms with E-state index in [0.717, 1.165) is 54.4 Å². The van der Waals surface area contributed by atoms with Crippen LogP contribution in [0.5, 0.6) is 5.75 Å². The number of halogens is 2. The van der Waals surface area contributed by atoms with E-state index in [9.17, 15) is 5.11 Å². The summed E-state index contributed by atoms with van der Waals surface area (Å²) in [6, 6.07) is 21.9. The minimum Gasteiger partial charge on any atom is -0.497 e. The second kappa shape index (κ2) is 6.63. The SMILES string of the molecule is COc1ccc(-c2c3c(cc4c(Br)ccc(Cl)c24)C(O)c2ccccc2-3)cc1. The highest BCUT2D eigenvalue weighted by molar-refractivity contribution is 9.10. The molecule has 0 amide bonds. The zero-order valence-electron chi connectivity index (χ0n) is 15.0. The normalized spacial score (nSPS) is 14.8. The molecule has 1 N–H and O–H groups in total. The maximum Gasteiger partial charge on any atom is 0.118 e. The van der Waals surface area contributed by atoms with Crippen molar-refractivity contribution >= 4 is 38.3 Å². The standard InChI is InChI=1S/C24H16BrClO2/c1-28-14-8-6-13(7-9-14)21-22-15-4-2-3-5-16(15)24(27)18(22)12-17-19(25)10-11-20(26)23(17)21/h2-12,24,27H,1H3. The van der Waals surface area contributed by atoms with Crippen molar-refractivity contribution in [3.8, 4) is 28.0 Å². The summed E-state index contributed by atoms with van der Waals surface area (Å²) in [7, 11) is 1.66. The molecule has 0 aliphatic heterocycles. The van der Waals surface area contributed by atoms with Crippen molar-refractivity contribution in [1.82, 2.24) is 0 Å². The van der Waals surface area contributed by atoms with Crippen LogP contribution in [0.3, 0.4) is 0 Å². The molecule has 0 saturated carbocycles. The van der Waals surface area contributed by atoms with Gasteiger partial charge in [0.15, 0.2) is 0 Å². The van der Waals surface area contributed by atoms with Gasteiger partial charge < -0.3 is 9.84 Å². The number of benzene rings is 4. The third-order valence-corrected chi connectivity index (χ3v) is 6.43. The van der Waals surface area contributed by atoms with Gasteiger partial charge in [-0.1, -0.05) is 63.9 Å². The Bertz CT molecular complexity index is 1230. The molecule has 1 aliphatic carbocycles. The second-order valence-corrected chi connectivity index (χ2v) is 8.15. The first-order chi connectivity index (χ1) is 13.6. The van der Waals surface area contributed by atoms with Crippen molar-refractivity contribution in [3.05, 3.63) is 87.4 Å². The van der Waals surface area contributed by atoms with Gasteiger partial charge in [0.25, 0.3) is 0 Å². The Morgan fingerprint density at radius 1 is 0.929 bits per heavy atom. The van der Waals surface area contributed by atoms with E-state index in [1.54, 1.807) is 7.11 Å². The van der Waals surface area contributed by atoms with E-state index in [0.29, 0.717) is 5.02 Å². The fraction of sp³-hybridized carbons (Fsp3) is 0.0833. The van der Waals surface area contributed by atoms with Gasteiger partial charge in [-0.3, -0.25) is 0 Å². The number of ether oxygens (including phenoxy) is 1. The molecular weight excluding hydrogens is 436 g/mol. The first-order valence-electron chi connectivity index (χ1n) is 8.96. The van der Waals surface area contributed by atoms with E-state index in [-0.39, 0.29) is 0 Å². The molecule has 4 aromatic carbocycles. The molecule has 0 aromatic heterocycles. The molecule has 0 saturated heterocycles. The average molecular weight is 452 g/mol. The van der Waals surface area contributed by atoms with Crippen LogP contribution in [0.1, 0.15) is 17.2 Å². The predicted molar refractivity (Wildman–Crippen MR) is 118 cm³/mol. The summed E-state index contributed by atoms with van der Waals surface area (Å²) >= 11 is 10.4. The molecule has 0 spiro atoms. The quantitative estimate of drug-likeness (QED) is 0.356. The van der Waals surface area contributed by atoms with Gasteiger partial charge in [0.05, 0.1) is 7.11 Å². The van der Waals surface area contributed by atoms with Crippen LogP contribution >= 0.6 is 27.5 Å². The van der Waals surface area contributed by atoms with E-state index < -0.39 is 6.10 Å². The number of methoxy groups -OCH3 is 1. The molecule has 1 atom stereocenters. The fourth-order valence-electron chi connectivity index (χ4n) is 4.14. The zero-order chi connectivity index (χ0) is 19.4. The Labute approximate surface area is 176 Å². The summed E-state index contributed by atoms with van der Waals surface area (Å²) in [5.41, 5.74) is 5.99.